The van der Waals surface area contributed by atoms with Gasteiger partial charge in [0.15, 0.2) is 0 Å². The fraction of sp³-hybridized carbons (Fsp3) is 0.600. The van der Waals surface area contributed by atoms with E-state index in [1.54, 1.807) is 6.07 Å². The molecule has 0 bridgehead atoms. The standard InChI is InChI=1S/C15H23FN2/c1-11(17-4)14-12(16)7-5-8-13(14)18-10-6-9-15(18,2)3/h5,7-8,11,17H,6,9-10H2,1-4H3. The zero-order chi connectivity index (χ0) is 13.3. The third kappa shape index (κ3) is 2.24. The molecule has 3 heteroatoms. The molecule has 1 fully saturated rings. The van der Waals surface area contributed by atoms with Crippen molar-refractivity contribution in [1.82, 2.24) is 5.32 Å². The lowest BCUT2D eigenvalue weighted by molar-refractivity contribution is 0.507. The second-order valence-corrected chi connectivity index (χ2v) is 5.75. The van der Waals surface area contributed by atoms with Crippen molar-refractivity contribution in [3.05, 3.63) is 29.6 Å². The molecule has 2 rings (SSSR count). The second-order valence-electron chi connectivity index (χ2n) is 5.75. The Kier molecular flexibility index (Phi) is 3.62. The van der Waals surface area contributed by atoms with Crippen LogP contribution in [0.4, 0.5) is 10.1 Å². The Morgan fingerprint density at radius 1 is 1.39 bits per heavy atom. The van der Waals surface area contributed by atoms with E-state index in [0.29, 0.717) is 0 Å². The first-order chi connectivity index (χ1) is 8.47. The fourth-order valence-electron chi connectivity index (χ4n) is 2.89. The summed E-state index contributed by atoms with van der Waals surface area (Å²) in [6.07, 6.45) is 2.34. The van der Waals surface area contributed by atoms with Gasteiger partial charge in [-0.25, -0.2) is 4.39 Å². The molecule has 1 aromatic rings. The largest absolute Gasteiger partial charge is 0.366 e. The number of rotatable bonds is 3. The molecule has 1 N–H and O–H groups in total. The SMILES string of the molecule is CNC(C)c1c(F)cccc1N1CCCC1(C)C. The Balaban J connectivity index is 2.47. The molecule has 1 heterocycles. The van der Waals surface area contributed by atoms with Crippen LogP contribution in [0.1, 0.15) is 45.2 Å². The van der Waals surface area contributed by atoms with Gasteiger partial charge in [0.05, 0.1) is 0 Å². The average Bonchev–Trinajstić information content (AvgIpc) is 2.67. The maximum absolute atomic E-state index is 14.1. The third-order valence-electron chi connectivity index (χ3n) is 4.09. The molecule has 0 radical (unpaired) electrons. The van der Waals surface area contributed by atoms with Crippen LogP contribution in [-0.2, 0) is 0 Å². The predicted molar refractivity (Wildman–Crippen MR) is 74.5 cm³/mol. The lowest BCUT2D eigenvalue weighted by atomic mass is 9.98. The monoisotopic (exact) mass is 250 g/mol. The van der Waals surface area contributed by atoms with Crippen molar-refractivity contribution in [3.8, 4) is 0 Å². The molecule has 0 spiro atoms. The van der Waals surface area contributed by atoms with Gasteiger partial charge in [-0.3, -0.25) is 0 Å². The zero-order valence-corrected chi connectivity index (χ0v) is 11.8. The maximum Gasteiger partial charge on any atom is 0.130 e. The van der Waals surface area contributed by atoms with Crippen LogP contribution in [0.3, 0.4) is 0 Å². The first-order valence-corrected chi connectivity index (χ1v) is 6.70. The highest BCUT2D eigenvalue weighted by Crippen LogP contribution is 2.38. The van der Waals surface area contributed by atoms with Gasteiger partial charge in [-0.15, -0.1) is 0 Å². The van der Waals surface area contributed by atoms with E-state index in [0.717, 1.165) is 24.2 Å². The van der Waals surface area contributed by atoms with E-state index in [-0.39, 0.29) is 17.4 Å². The Morgan fingerprint density at radius 2 is 2.11 bits per heavy atom. The molecule has 0 saturated carbocycles. The van der Waals surface area contributed by atoms with Gasteiger partial charge in [0, 0.05) is 29.4 Å². The van der Waals surface area contributed by atoms with Gasteiger partial charge < -0.3 is 10.2 Å². The van der Waals surface area contributed by atoms with Crippen molar-refractivity contribution in [3.63, 3.8) is 0 Å². The molecular formula is C15H23FN2. The highest BCUT2D eigenvalue weighted by Gasteiger charge is 2.34. The van der Waals surface area contributed by atoms with Crippen molar-refractivity contribution in [2.45, 2.75) is 45.2 Å². The van der Waals surface area contributed by atoms with Crippen LogP contribution in [0.2, 0.25) is 0 Å². The number of benzene rings is 1. The number of anilines is 1. The van der Waals surface area contributed by atoms with E-state index in [4.69, 9.17) is 0 Å². The summed E-state index contributed by atoms with van der Waals surface area (Å²) in [5.41, 5.74) is 1.95. The second kappa shape index (κ2) is 4.88. The van der Waals surface area contributed by atoms with E-state index in [9.17, 15) is 4.39 Å². The highest BCUT2D eigenvalue weighted by molar-refractivity contribution is 5.58. The number of hydrogen-bond donors (Lipinski definition) is 1. The van der Waals surface area contributed by atoms with E-state index in [2.05, 4.69) is 24.1 Å². The maximum atomic E-state index is 14.1. The van der Waals surface area contributed by atoms with Gasteiger partial charge >= 0.3 is 0 Å². The summed E-state index contributed by atoms with van der Waals surface area (Å²) in [4.78, 5) is 2.35. The van der Waals surface area contributed by atoms with Crippen LogP contribution in [0.25, 0.3) is 0 Å². The zero-order valence-electron chi connectivity index (χ0n) is 11.8. The number of nitrogens with zero attached hydrogens (tertiary/aromatic N) is 1. The van der Waals surface area contributed by atoms with Gasteiger partial charge in [0.25, 0.3) is 0 Å². The van der Waals surface area contributed by atoms with Gasteiger partial charge in [-0.2, -0.15) is 0 Å². The molecule has 0 aromatic heterocycles. The minimum atomic E-state index is -0.114. The number of halogens is 1. The Hall–Kier alpha value is -1.09. The molecule has 18 heavy (non-hydrogen) atoms. The molecule has 0 amide bonds. The van der Waals surface area contributed by atoms with Gasteiger partial charge in [0.2, 0.25) is 0 Å². The lowest BCUT2D eigenvalue weighted by Gasteiger charge is -2.36. The van der Waals surface area contributed by atoms with Crippen molar-refractivity contribution >= 4 is 5.69 Å². The topological polar surface area (TPSA) is 15.3 Å². The smallest absolute Gasteiger partial charge is 0.130 e. The Bertz CT molecular complexity index is 429. The van der Waals surface area contributed by atoms with Gasteiger partial charge in [0.1, 0.15) is 5.82 Å². The van der Waals surface area contributed by atoms with Crippen molar-refractivity contribution < 1.29 is 4.39 Å². The molecule has 1 saturated heterocycles. The third-order valence-corrected chi connectivity index (χ3v) is 4.09. The molecule has 1 aromatic carbocycles. The van der Waals surface area contributed by atoms with Crippen molar-refractivity contribution in [2.75, 3.05) is 18.5 Å². The Morgan fingerprint density at radius 3 is 2.67 bits per heavy atom. The normalized spacial score (nSPS) is 20.2. The lowest BCUT2D eigenvalue weighted by Crippen LogP contribution is -2.39. The van der Waals surface area contributed by atoms with Crippen molar-refractivity contribution in [1.29, 1.82) is 0 Å². The summed E-state index contributed by atoms with van der Waals surface area (Å²) < 4.78 is 14.1. The van der Waals surface area contributed by atoms with Gasteiger partial charge in [-0.1, -0.05) is 6.07 Å². The van der Waals surface area contributed by atoms with E-state index in [1.165, 1.54) is 6.42 Å². The molecule has 1 unspecified atom stereocenters. The predicted octanol–water partition coefficient (Wildman–Crippen LogP) is 3.48. The molecular weight excluding hydrogens is 227 g/mol. The first kappa shape index (κ1) is 13.3. The molecule has 100 valence electrons. The Labute approximate surface area is 109 Å². The summed E-state index contributed by atoms with van der Waals surface area (Å²) in [5.74, 6) is -0.114. The molecule has 1 atom stereocenters. The van der Waals surface area contributed by atoms with Gasteiger partial charge in [-0.05, 0) is 52.8 Å². The molecule has 2 nitrogen and oxygen atoms in total. The quantitative estimate of drug-likeness (QED) is 0.883. The summed E-state index contributed by atoms with van der Waals surface area (Å²) in [6.45, 7) is 7.49. The average molecular weight is 250 g/mol. The number of nitrogens with one attached hydrogen (secondary N) is 1. The molecule has 1 aliphatic heterocycles. The van der Waals surface area contributed by atoms with Crippen LogP contribution in [0.5, 0.6) is 0 Å². The summed E-state index contributed by atoms with van der Waals surface area (Å²) >= 11 is 0. The minimum absolute atomic E-state index is 0.0256. The van der Waals surface area contributed by atoms with Crippen LogP contribution in [0.15, 0.2) is 18.2 Å². The molecule has 1 aliphatic rings. The highest BCUT2D eigenvalue weighted by atomic mass is 19.1. The summed E-state index contributed by atoms with van der Waals surface area (Å²) in [7, 11) is 1.87. The van der Waals surface area contributed by atoms with Crippen molar-refractivity contribution in [2.24, 2.45) is 0 Å². The van der Waals surface area contributed by atoms with Crippen LogP contribution in [0, 0.1) is 5.82 Å². The van der Waals surface area contributed by atoms with Crippen LogP contribution >= 0.6 is 0 Å². The molecule has 0 aliphatic carbocycles. The van der Waals surface area contributed by atoms with Crippen LogP contribution in [-0.4, -0.2) is 19.1 Å². The minimum Gasteiger partial charge on any atom is -0.366 e. The van der Waals surface area contributed by atoms with Crippen LogP contribution < -0.4 is 10.2 Å². The summed E-state index contributed by atoms with van der Waals surface area (Å²) in [6, 6.07) is 5.43. The van der Waals surface area contributed by atoms with E-state index >= 15 is 0 Å². The van der Waals surface area contributed by atoms with E-state index < -0.39 is 0 Å². The van der Waals surface area contributed by atoms with E-state index in [1.807, 2.05) is 26.1 Å². The first-order valence-electron chi connectivity index (χ1n) is 6.70. The summed E-state index contributed by atoms with van der Waals surface area (Å²) in [5, 5.41) is 3.15. The number of hydrogen-bond acceptors (Lipinski definition) is 2. The fourth-order valence-corrected chi connectivity index (χ4v) is 2.89.